The lowest BCUT2D eigenvalue weighted by Crippen LogP contribution is -2.60. The Morgan fingerprint density at radius 1 is 1.20 bits per heavy atom. The third-order valence-electron chi connectivity index (χ3n) is 4.57. The normalized spacial score (nSPS) is 45.8. The highest BCUT2D eigenvalue weighted by atomic mass is 32.2. The lowest BCUT2D eigenvalue weighted by atomic mass is 9.90. The molecule has 3 rings (SSSR count). The molecule has 0 aromatic carbocycles. The highest BCUT2D eigenvalue weighted by Crippen LogP contribution is 2.51. The molecule has 3 fully saturated rings. The number of nitrogens with zero attached hydrogens (tertiary/aromatic N) is 1. The summed E-state index contributed by atoms with van der Waals surface area (Å²) in [7, 11) is -6.14. The van der Waals surface area contributed by atoms with E-state index in [4.69, 9.17) is 12.2 Å². The van der Waals surface area contributed by atoms with Crippen molar-refractivity contribution in [3.63, 3.8) is 0 Å². The van der Waals surface area contributed by atoms with Crippen LogP contribution in [0.1, 0.15) is 20.3 Å². The van der Waals surface area contributed by atoms with Crippen LogP contribution in [0.15, 0.2) is 0 Å². The second-order valence-electron chi connectivity index (χ2n) is 6.46. The van der Waals surface area contributed by atoms with E-state index in [1.807, 2.05) is 18.7 Å². The second-order valence-corrected chi connectivity index (χ2v) is 12.6. The number of fused-ring (bicyclic) bond motifs is 1. The largest absolute Gasteiger partial charge is 0.343 e. The van der Waals surface area contributed by atoms with Crippen molar-refractivity contribution < 1.29 is 16.8 Å². The lowest BCUT2D eigenvalue weighted by Gasteiger charge is -2.45. The number of hydrogen-bond acceptors (Lipinski definition) is 6. The minimum Gasteiger partial charge on any atom is -0.343 e. The number of hydrogen-bond donors (Lipinski definition) is 0. The van der Waals surface area contributed by atoms with E-state index >= 15 is 0 Å². The number of sulfone groups is 2. The molecule has 3 aliphatic rings. The van der Waals surface area contributed by atoms with E-state index in [0.717, 1.165) is 0 Å². The van der Waals surface area contributed by atoms with Crippen molar-refractivity contribution in [3.8, 4) is 0 Å². The fraction of sp³-hybridized carbons (Fsp3) is 0.909. The zero-order valence-corrected chi connectivity index (χ0v) is 14.6. The van der Waals surface area contributed by atoms with E-state index in [0.29, 0.717) is 10.7 Å². The predicted molar refractivity (Wildman–Crippen MR) is 84.6 cm³/mol. The van der Waals surface area contributed by atoms with Gasteiger partial charge in [-0.05, 0) is 20.3 Å². The Hall–Kier alpha value is 0.140. The quantitative estimate of drug-likeness (QED) is 0.633. The topological polar surface area (TPSA) is 71.5 Å². The smallest absolute Gasteiger partial charge is 0.153 e. The van der Waals surface area contributed by atoms with Crippen LogP contribution in [0.4, 0.5) is 0 Å². The van der Waals surface area contributed by atoms with Crippen molar-refractivity contribution in [2.45, 2.75) is 36.6 Å². The van der Waals surface area contributed by atoms with Gasteiger partial charge in [-0.1, -0.05) is 24.0 Å². The van der Waals surface area contributed by atoms with E-state index in [1.165, 1.54) is 11.8 Å². The van der Waals surface area contributed by atoms with Gasteiger partial charge in [0.1, 0.15) is 4.32 Å². The van der Waals surface area contributed by atoms with Gasteiger partial charge in [-0.25, -0.2) is 16.8 Å². The van der Waals surface area contributed by atoms with Crippen molar-refractivity contribution in [2.24, 2.45) is 0 Å². The Morgan fingerprint density at radius 2 is 1.85 bits per heavy atom. The Kier molecular flexibility index (Phi) is 3.09. The van der Waals surface area contributed by atoms with Crippen LogP contribution in [0.25, 0.3) is 0 Å². The van der Waals surface area contributed by atoms with Crippen LogP contribution in [0.2, 0.25) is 0 Å². The highest BCUT2D eigenvalue weighted by Gasteiger charge is 2.62. The Morgan fingerprint density at radius 3 is 2.40 bits per heavy atom. The van der Waals surface area contributed by atoms with Crippen LogP contribution in [0.5, 0.6) is 0 Å². The minimum absolute atomic E-state index is 0.0586. The van der Waals surface area contributed by atoms with E-state index in [-0.39, 0.29) is 28.3 Å². The minimum atomic E-state index is -3.08. The number of thiocarbonyl (C=S) groups is 1. The first kappa shape index (κ1) is 15.1. The summed E-state index contributed by atoms with van der Waals surface area (Å²) in [4.78, 5) is 1.93. The van der Waals surface area contributed by atoms with E-state index < -0.39 is 30.8 Å². The van der Waals surface area contributed by atoms with Crippen molar-refractivity contribution in [2.75, 3.05) is 23.0 Å². The van der Waals surface area contributed by atoms with Crippen LogP contribution in [0.3, 0.4) is 0 Å². The summed E-state index contributed by atoms with van der Waals surface area (Å²) in [6, 6.07) is 0. The second kappa shape index (κ2) is 4.11. The maximum Gasteiger partial charge on any atom is 0.153 e. The summed E-state index contributed by atoms with van der Waals surface area (Å²) >= 11 is 6.84. The summed E-state index contributed by atoms with van der Waals surface area (Å²) < 4.78 is 48.2. The number of rotatable bonds is 1. The molecule has 0 saturated carbocycles. The summed E-state index contributed by atoms with van der Waals surface area (Å²) in [6.07, 6.45) is 0.512. The van der Waals surface area contributed by atoms with Crippen LogP contribution < -0.4 is 0 Å². The maximum atomic E-state index is 11.9. The highest BCUT2D eigenvalue weighted by molar-refractivity contribution is 8.24. The average molecular weight is 356 g/mol. The third kappa shape index (κ3) is 2.12. The Labute approximate surface area is 129 Å². The molecule has 0 N–H and O–H groups in total. The molecule has 3 aliphatic heterocycles. The molecule has 0 amide bonds. The van der Waals surface area contributed by atoms with Gasteiger partial charge in [0.15, 0.2) is 19.7 Å². The van der Waals surface area contributed by atoms with Crippen LogP contribution >= 0.6 is 24.0 Å². The molecule has 5 nitrogen and oxygen atoms in total. The monoisotopic (exact) mass is 355 g/mol. The van der Waals surface area contributed by atoms with Gasteiger partial charge >= 0.3 is 0 Å². The van der Waals surface area contributed by atoms with Crippen LogP contribution in [-0.2, 0) is 19.7 Å². The molecule has 0 unspecified atom stereocenters. The van der Waals surface area contributed by atoms with E-state index in [9.17, 15) is 16.8 Å². The van der Waals surface area contributed by atoms with Gasteiger partial charge < -0.3 is 4.90 Å². The van der Waals surface area contributed by atoms with Gasteiger partial charge in [-0.3, -0.25) is 0 Å². The molecule has 0 aromatic rings. The maximum absolute atomic E-state index is 11.9. The molecule has 0 aromatic heterocycles. The molecule has 9 heteroatoms. The Bertz CT molecular complexity index is 685. The van der Waals surface area contributed by atoms with Gasteiger partial charge in [0.25, 0.3) is 0 Å². The van der Waals surface area contributed by atoms with E-state index in [1.54, 1.807) is 0 Å². The zero-order valence-electron chi connectivity index (χ0n) is 11.3. The molecular weight excluding hydrogens is 338 g/mol. The third-order valence-corrected chi connectivity index (χ3v) is 10.3. The average Bonchev–Trinajstić information content (AvgIpc) is 2.69. The SMILES string of the molecule is C[C@]1(N2C(=S)S[C@@H]3CS(=O)(=O)C[C@@]32C)CCS(=O)(=O)C1. The molecule has 0 aliphatic carbocycles. The first-order valence-corrected chi connectivity index (χ1v) is 11.3. The fourth-order valence-corrected chi connectivity index (χ4v) is 11.0. The molecule has 3 atom stereocenters. The molecule has 0 spiro atoms. The molecule has 0 bridgehead atoms. The molecule has 0 radical (unpaired) electrons. The molecular formula is C11H17NO4S4. The first-order chi connectivity index (χ1) is 8.98. The van der Waals surface area contributed by atoms with Crippen molar-refractivity contribution in [3.05, 3.63) is 0 Å². The molecule has 3 saturated heterocycles. The first-order valence-electron chi connectivity index (χ1n) is 6.39. The summed E-state index contributed by atoms with van der Waals surface area (Å²) in [5.41, 5.74) is -1.15. The van der Waals surface area contributed by atoms with Crippen LogP contribution in [0, 0.1) is 0 Å². The standard InChI is InChI=1S/C11H17NO4S4/c1-10(3-4-19(13,14)6-10)12-9(17)18-8-5-20(15,16)7-11(8,12)2/h8H,3-7H2,1-2H3/t8-,10+,11+/m1/s1. The molecule has 114 valence electrons. The van der Waals surface area contributed by atoms with Crippen molar-refractivity contribution in [1.29, 1.82) is 0 Å². The van der Waals surface area contributed by atoms with Crippen molar-refractivity contribution >= 4 is 48.0 Å². The molecule has 3 heterocycles. The summed E-state index contributed by atoms with van der Waals surface area (Å²) in [5.74, 6) is 0.408. The van der Waals surface area contributed by atoms with Gasteiger partial charge in [0, 0.05) is 5.25 Å². The van der Waals surface area contributed by atoms with Gasteiger partial charge in [-0.2, -0.15) is 0 Å². The lowest BCUT2D eigenvalue weighted by molar-refractivity contribution is 0.123. The van der Waals surface area contributed by atoms with E-state index in [2.05, 4.69) is 0 Å². The van der Waals surface area contributed by atoms with Gasteiger partial charge in [0.05, 0.1) is 34.1 Å². The van der Waals surface area contributed by atoms with Crippen LogP contribution in [-0.4, -0.2) is 65.4 Å². The summed E-state index contributed by atoms with van der Waals surface area (Å²) in [6.45, 7) is 3.80. The fourth-order valence-electron chi connectivity index (χ4n) is 3.77. The molecule has 20 heavy (non-hydrogen) atoms. The van der Waals surface area contributed by atoms with Gasteiger partial charge in [0.2, 0.25) is 0 Å². The number of thioether (sulfide) groups is 1. The zero-order chi connectivity index (χ0) is 15.0. The van der Waals surface area contributed by atoms with Crippen molar-refractivity contribution in [1.82, 2.24) is 4.90 Å². The Balaban J connectivity index is 2.03. The predicted octanol–water partition coefficient (Wildman–Crippen LogP) is 0.453. The summed E-state index contributed by atoms with van der Waals surface area (Å²) in [5, 5.41) is -0.0832. The van der Waals surface area contributed by atoms with Gasteiger partial charge in [-0.15, -0.1) is 0 Å².